The summed E-state index contributed by atoms with van der Waals surface area (Å²) in [7, 11) is 0. The Hall–Kier alpha value is -2.25. The van der Waals surface area contributed by atoms with Gasteiger partial charge in [-0.3, -0.25) is 9.55 Å². The fourth-order valence-electron chi connectivity index (χ4n) is 4.98. The topological polar surface area (TPSA) is 46.0 Å². The average Bonchev–Trinajstić information content (AvgIpc) is 3.50. The number of thiocarbonyl (C=S) groups is 1. The first-order valence-electron chi connectivity index (χ1n) is 10.2. The van der Waals surface area contributed by atoms with Gasteiger partial charge in [-0.05, 0) is 62.7 Å². The summed E-state index contributed by atoms with van der Waals surface area (Å²) in [6.45, 7) is 4.36. The van der Waals surface area contributed by atoms with Gasteiger partial charge in [-0.1, -0.05) is 18.9 Å². The molecule has 0 spiro atoms. The smallest absolute Gasteiger partial charge is 0.193 e. The third-order valence-corrected chi connectivity index (χ3v) is 7.34. The van der Waals surface area contributed by atoms with Gasteiger partial charge in [0.1, 0.15) is 0 Å². The van der Waals surface area contributed by atoms with Crippen molar-refractivity contribution in [1.82, 2.24) is 24.8 Å². The van der Waals surface area contributed by atoms with Crippen LogP contribution in [0, 0.1) is 13.8 Å². The molecule has 2 aliphatic rings. The van der Waals surface area contributed by atoms with E-state index >= 15 is 0 Å². The van der Waals surface area contributed by atoms with Crippen molar-refractivity contribution in [3.63, 3.8) is 0 Å². The van der Waals surface area contributed by atoms with E-state index in [2.05, 4.69) is 56.8 Å². The second-order valence-corrected chi connectivity index (χ2v) is 9.21. The number of aryl methyl sites for hydroxylation is 1. The molecule has 3 aromatic rings. The number of aromatic nitrogens is 3. The van der Waals surface area contributed by atoms with Crippen molar-refractivity contribution in [3.8, 4) is 5.13 Å². The molecular weight excluding hydrogens is 398 g/mol. The number of thiazole rings is 1. The molecule has 29 heavy (non-hydrogen) atoms. The number of rotatable bonds is 4. The van der Waals surface area contributed by atoms with E-state index in [-0.39, 0.29) is 12.1 Å². The van der Waals surface area contributed by atoms with E-state index in [9.17, 15) is 0 Å². The predicted octanol–water partition coefficient (Wildman–Crippen LogP) is 4.86. The lowest BCUT2D eigenvalue weighted by Crippen LogP contribution is -2.37. The van der Waals surface area contributed by atoms with Gasteiger partial charge < -0.3 is 10.2 Å². The maximum atomic E-state index is 5.86. The van der Waals surface area contributed by atoms with Crippen molar-refractivity contribution >= 4 is 28.7 Å². The molecule has 0 amide bonds. The third kappa shape index (κ3) is 3.16. The average molecular weight is 424 g/mol. The Balaban J connectivity index is 1.64. The van der Waals surface area contributed by atoms with Crippen LogP contribution >= 0.6 is 23.6 Å². The van der Waals surface area contributed by atoms with Crippen LogP contribution in [0.2, 0.25) is 0 Å². The van der Waals surface area contributed by atoms with Crippen LogP contribution in [0.15, 0.2) is 42.0 Å². The Labute approximate surface area is 180 Å². The SMILES string of the molecule is Cc1cc([C@@H]2[C@H](c3ccccn3)NC(=S)N2C2CCCC2)c(C)n1-c1nccs1. The van der Waals surface area contributed by atoms with E-state index in [1.54, 1.807) is 11.3 Å². The molecule has 0 unspecified atom stereocenters. The molecule has 0 radical (unpaired) electrons. The minimum absolute atomic E-state index is 0.0505. The Morgan fingerprint density at radius 3 is 2.66 bits per heavy atom. The predicted molar refractivity (Wildman–Crippen MR) is 120 cm³/mol. The summed E-state index contributed by atoms with van der Waals surface area (Å²) in [5.41, 5.74) is 4.79. The zero-order valence-electron chi connectivity index (χ0n) is 16.7. The number of pyridine rings is 1. The van der Waals surface area contributed by atoms with Gasteiger partial charge in [-0.15, -0.1) is 11.3 Å². The molecule has 150 valence electrons. The molecule has 1 saturated heterocycles. The lowest BCUT2D eigenvalue weighted by molar-refractivity contribution is 0.245. The molecule has 4 heterocycles. The van der Waals surface area contributed by atoms with Gasteiger partial charge in [0.2, 0.25) is 0 Å². The van der Waals surface area contributed by atoms with Crippen LogP contribution in [0.25, 0.3) is 5.13 Å². The first-order chi connectivity index (χ1) is 14.1. The van der Waals surface area contributed by atoms with Crippen LogP contribution < -0.4 is 5.32 Å². The molecular formula is C22H25N5S2. The third-order valence-electron chi connectivity index (χ3n) is 6.25. The highest BCUT2D eigenvalue weighted by Gasteiger charge is 2.44. The molecule has 2 fully saturated rings. The fraction of sp³-hybridized carbons (Fsp3) is 0.409. The summed E-state index contributed by atoms with van der Waals surface area (Å²) in [6.07, 6.45) is 8.71. The molecule has 7 heteroatoms. The molecule has 5 rings (SSSR count). The van der Waals surface area contributed by atoms with Crippen LogP contribution in [0.3, 0.4) is 0 Å². The first-order valence-corrected chi connectivity index (χ1v) is 11.5. The van der Waals surface area contributed by atoms with Crippen molar-refractivity contribution in [2.75, 3.05) is 0 Å². The minimum atomic E-state index is 0.0505. The Morgan fingerprint density at radius 2 is 1.97 bits per heavy atom. The van der Waals surface area contributed by atoms with Crippen LogP contribution in [0.4, 0.5) is 0 Å². The zero-order chi connectivity index (χ0) is 20.0. The van der Waals surface area contributed by atoms with Crippen LogP contribution in [-0.2, 0) is 0 Å². The van der Waals surface area contributed by atoms with Gasteiger partial charge in [-0.25, -0.2) is 4.98 Å². The summed E-state index contributed by atoms with van der Waals surface area (Å²) in [4.78, 5) is 11.7. The van der Waals surface area contributed by atoms with Crippen LogP contribution in [0.5, 0.6) is 0 Å². The fourth-order valence-corrected chi connectivity index (χ4v) is 6.12. The van der Waals surface area contributed by atoms with Crippen LogP contribution in [-0.4, -0.2) is 30.6 Å². The van der Waals surface area contributed by atoms with Gasteiger partial charge in [0.05, 0.1) is 17.8 Å². The Kier molecular flexibility index (Phi) is 4.87. The largest absolute Gasteiger partial charge is 0.352 e. The Morgan fingerprint density at radius 1 is 1.14 bits per heavy atom. The minimum Gasteiger partial charge on any atom is -0.352 e. The quantitative estimate of drug-likeness (QED) is 0.607. The van der Waals surface area contributed by atoms with Crippen molar-refractivity contribution in [1.29, 1.82) is 0 Å². The summed E-state index contributed by atoms with van der Waals surface area (Å²) >= 11 is 7.53. The zero-order valence-corrected chi connectivity index (χ0v) is 18.3. The highest BCUT2D eigenvalue weighted by molar-refractivity contribution is 7.80. The molecule has 3 aromatic heterocycles. The van der Waals surface area contributed by atoms with E-state index in [4.69, 9.17) is 12.2 Å². The maximum absolute atomic E-state index is 5.86. The van der Waals surface area contributed by atoms with Gasteiger partial charge in [-0.2, -0.15) is 0 Å². The standard InChI is InChI=1S/C22H25N5S2/c1-14-13-17(15(2)26(14)22-24-11-12-29-22)20-19(18-9-5-6-10-23-18)25-21(28)27(20)16-7-3-4-8-16/h5-6,9-13,16,19-20H,3-4,7-8H2,1-2H3,(H,25,28)/t19-,20+/m0/s1. The molecule has 2 atom stereocenters. The summed E-state index contributed by atoms with van der Waals surface area (Å²) in [5, 5.41) is 7.51. The summed E-state index contributed by atoms with van der Waals surface area (Å²) in [5.74, 6) is 0. The van der Waals surface area contributed by atoms with Crippen molar-refractivity contribution in [2.45, 2.75) is 57.7 Å². The van der Waals surface area contributed by atoms with Crippen LogP contribution in [0.1, 0.15) is 60.4 Å². The molecule has 1 saturated carbocycles. The molecule has 5 nitrogen and oxygen atoms in total. The van der Waals surface area contributed by atoms with E-state index in [0.29, 0.717) is 6.04 Å². The van der Waals surface area contributed by atoms with Crippen molar-refractivity contribution < 1.29 is 0 Å². The number of hydrogen-bond acceptors (Lipinski definition) is 4. The Bertz CT molecular complexity index is 1010. The van der Waals surface area contributed by atoms with Gasteiger partial charge in [0.15, 0.2) is 10.2 Å². The molecule has 1 aliphatic carbocycles. The van der Waals surface area contributed by atoms with E-state index in [1.807, 2.05) is 23.8 Å². The highest BCUT2D eigenvalue weighted by atomic mass is 32.1. The molecule has 1 aliphatic heterocycles. The van der Waals surface area contributed by atoms with Gasteiger partial charge >= 0.3 is 0 Å². The highest BCUT2D eigenvalue weighted by Crippen LogP contribution is 2.44. The maximum Gasteiger partial charge on any atom is 0.193 e. The second-order valence-electron chi connectivity index (χ2n) is 7.95. The monoisotopic (exact) mass is 423 g/mol. The number of hydrogen-bond donors (Lipinski definition) is 1. The van der Waals surface area contributed by atoms with Crippen molar-refractivity contribution in [3.05, 3.63) is 64.7 Å². The van der Waals surface area contributed by atoms with E-state index in [0.717, 1.165) is 15.9 Å². The number of nitrogens with one attached hydrogen (secondary N) is 1. The lowest BCUT2D eigenvalue weighted by Gasteiger charge is -2.33. The molecule has 1 N–H and O–H groups in total. The van der Waals surface area contributed by atoms with Gasteiger partial charge in [0.25, 0.3) is 0 Å². The lowest BCUT2D eigenvalue weighted by atomic mass is 9.95. The second kappa shape index (κ2) is 7.54. The molecule has 0 bridgehead atoms. The van der Waals surface area contributed by atoms with E-state index < -0.39 is 0 Å². The first kappa shape index (κ1) is 18.8. The normalized spacial score (nSPS) is 22.4. The van der Waals surface area contributed by atoms with Crippen molar-refractivity contribution in [2.24, 2.45) is 0 Å². The van der Waals surface area contributed by atoms with Gasteiger partial charge in [0, 0.05) is 35.2 Å². The van der Waals surface area contributed by atoms with E-state index in [1.165, 1.54) is 42.6 Å². The summed E-state index contributed by atoms with van der Waals surface area (Å²) in [6, 6.07) is 9.13. The molecule has 0 aromatic carbocycles. The number of nitrogens with zero attached hydrogens (tertiary/aromatic N) is 4. The summed E-state index contributed by atoms with van der Waals surface area (Å²) < 4.78 is 2.27.